The second kappa shape index (κ2) is 7.86. The summed E-state index contributed by atoms with van der Waals surface area (Å²) in [6.07, 6.45) is 0.710. The van der Waals surface area contributed by atoms with Crippen LogP contribution >= 0.6 is 11.6 Å². The number of carbonyl (C=O) groups excluding carboxylic acids is 1. The largest absolute Gasteiger partial charge is 0.507 e. The van der Waals surface area contributed by atoms with Gasteiger partial charge in [-0.05, 0) is 41.3 Å². The third-order valence-corrected chi connectivity index (χ3v) is 4.20. The molecule has 3 rings (SSSR count). The molecular formula is C21H18ClNO2. The Labute approximate surface area is 151 Å². The van der Waals surface area contributed by atoms with Crippen LogP contribution in [-0.2, 0) is 6.42 Å². The van der Waals surface area contributed by atoms with Gasteiger partial charge in [-0.15, -0.1) is 0 Å². The van der Waals surface area contributed by atoms with Crippen molar-refractivity contribution in [3.63, 3.8) is 0 Å². The predicted molar refractivity (Wildman–Crippen MR) is 101 cm³/mol. The summed E-state index contributed by atoms with van der Waals surface area (Å²) < 4.78 is 0. The molecule has 0 spiro atoms. The number of halogens is 1. The van der Waals surface area contributed by atoms with Crippen LogP contribution in [0.25, 0.3) is 11.1 Å². The van der Waals surface area contributed by atoms with Crippen LogP contribution in [0.1, 0.15) is 15.9 Å². The molecule has 2 N–H and O–H groups in total. The molecule has 0 saturated carbocycles. The molecule has 0 bridgehead atoms. The van der Waals surface area contributed by atoms with E-state index in [0.29, 0.717) is 18.0 Å². The molecule has 0 unspecified atom stereocenters. The molecule has 0 heterocycles. The first-order valence-corrected chi connectivity index (χ1v) is 8.42. The molecule has 4 heteroatoms. The zero-order valence-electron chi connectivity index (χ0n) is 13.6. The lowest BCUT2D eigenvalue weighted by Crippen LogP contribution is -2.25. The summed E-state index contributed by atoms with van der Waals surface area (Å²) in [5, 5.41) is 13.0. The van der Waals surface area contributed by atoms with E-state index >= 15 is 0 Å². The Kier molecular flexibility index (Phi) is 5.36. The van der Waals surface area contributed by atoms with Crippen molar-refractivity contribution in [2.75, 3.05) is 6.54 Å². The third kappa shape index (κ3) is 4.40. The Balaban J connectivity index is 1.57. The van der Waals surface area contributed by atoms with Gasteiger partial charge in [0.1, 0.15) is 5.75 Å². The number of aromatic hydroxyl groups is 1. The first kappa shape index (κ1) is 17.1. The molecule has 3 aromatic carbocycles. The Morgan fingerprint density at radius 2 is 1.60 bits per heavy atom. The van der Waals surface area contributed by atoms with Gasteiger partial charge in [-0.3, -0.25) is 4.79 Å². The van der Waals surface area contributed by atoms with E-state index in [4.69, 9.17) is 11.6 Å². The Hall–Kier alpha value is -2.78. The van der Waals surface area contributed by atoms with E-state index in [-0.39, 0.29) is 17.2 Å². The lowest BCUT2D eigenvalue weighted by molar-refractivity contribution is 0.0951. The highest BCUT2D eigenvalue weighted by Crippen LogP contribution is 2.21. The number of rotatable bonds is 5. The maximum absolute atomic E-state index is 12.1. The van der Waals surface area contributed by atoms with Gasteiger partial charge in [0.25, 0.3) is 5.91 Å². The first-order chi connectivity index (χ1) is 12.1. The number of hydrogen-bond acceptors (Lipinski definition) is 2. The van der Waals surface area contributed by atoms with Crippen molar-refractivity contribution < 1.29 is 9.90 Å². The van der Waals surface area contributed by atoms with E-state index in [1.165, 1.54) is 17.7 Å². The number of amides is 1. The van der Waals surface area contributed by atoms with Crippen molar-refractivity contribution in [3.05, 3.63) is 88.9 Å². The van der Waals surface area contributed by atoms with E-state index < -0.39 is 0 Å². The van der Waals surface area contributed by atoms with Crippen molar-refractivity contribution in [1.29, 1.82) is 0 Å². The van der Waals surface area contributed by atoms with Gasteiger partial charge in [0.2, 0.25) is 0 Å². The molecule has 3 aromatic rings. The van der Waals surface area contributed by atoms with Gasteiger partial charge in [0.05, 0.1) is 5.56 Å². The maximum Gasteiger partial charge on any atom is 0.255 e. The molecule has 0 aromatic heterocycles. The van der Waals surface area contributed by atoms with Crippen molar-refractivity contribution in [1.82, 2.24) is 5.32 Å². The van der Waals surface area contributed by atoms with Gasteiger partial charge in [-0.25, -0.2) is 0 Å². The summed E-state index contributed by atoms with van der Waals surface area (Å²) in [5.74, 6) is -0.407. The van der Waals surface area contributed by atoms with Crippen molar-refractivity contribution in [2.45, 2.75) is 6.42 Å². The van der Waals surface area contributed by atoms with E-state index in [2.05, 4.69) is 41.7 Å². The van der Waals surface area contributed by atoms with Crippen LogP contribution in [0.15, 0.2) is 72.8 Å². The highest BCUT2D eigenvalue weighted by molar-refractivity contribution is 6.31. The van der Waals surface area contributed by atoms with Crippen LogP contribution in [0.2, 0.25) is 5.02 Å². The molecule has 3 nitrogen and oxygen atoms in total. The highest BCUT2D eigenvalue weighted by atomic mass is 35.5. The molecule has 0 aliphatic heterocycles. The van der Waals surface area contributed by atoms with Gasteiger partial charge < -0.3 is 10.4 Å². The maximum atomic E-state index is 12.1. The molecule has 0 fully saturated rings. The van der Waals surface area contributed by atoms with Gasteiger partial charge in [-0.1, -0.05) is 66.2 Å². The molecular weight excluding hydrogens is 334 g/mol. The van der Waals surface area contributed by atoms with Crippen LogP contribution in [0, 0.1) is 0 Å². The minimum Gasteiger partial charge on any atom is -0.507 e. The zero-order valence-corrected chi connectivity index (χ0v) is 14.3. The van der Waals surface area contributed by atoms with Crippen molar-refractivity contribution in [2.24, 2.45) is 0 Å². The molecule has 126 valence electrons. The fourth-order valence-electron chi connectivity index (χ4n) is 2.60. The summed E-state index contributed by atoms with van der Waals surface area (Å²) >= 11 is 5.87. The average molecular weight is 352 g/mol. The molecule has 0 saturated heterocycles. The van der Waals surface area contributed by atoms with Crippen LogP contribution in [0.5, 0.6) is 5.75 Å². The monoisotopic (exact) mass is 351 g/mol. The fourth-order valence-corrected chi connectivity index (χ4v) is 2.77. The standard InChI is InChI=1S/C21H18ClNO2/c22-18-10-11-20(24)19(14-18)21(25)23-13-12-15-6-8-17(9-7-15)16-4-2-1-3-5-16/h1-11,14,24H,12-13H2,(H,23,25). The molecule has 0 radical (unpaired) electrons. The Morgan fingerprint density at radius 1 is 0.920 bits per heavy atom. The quantitative estimate of drug-likeness (QED) is 0.700. The van der Waals surface area contributed by atoms with Gasteiger partial charge >= 0.3 is 0 Å². The third-order valence-electron chi connectivity index (χ3n) is 3.96. The first-order valence-electron chi connectivity index (χ1n) is 8.04. The Bertz CT molecular complexity index is 861. The molecule has 0 aliphatic carbocycles. The normalized spacial score (nSPS) is 10.4. The van der Waals surface area contributed by atoms with E-state index in [1.807, 2.05) is 18.2 Å². The minimum atomic E-state index is -0.332. The molecule has 0 aliphatic rings. The average Bonchev–Trinajstić information content (AvgIpc) is 2.65. The second-order valence-corrected chi connectivity index (χ2v) is 6.17. The SMILES string of the molecule is O=C(NCCc1ccc(-c2ccccc2)cc1)c1cc(Cl)ccc1O. The number of phenols is 1. The number of benzene rings is 3. The van der Waals surface area contributed by atoms with Crippen LogP contribution in [0.3, 0.4) is 0 Å². The van der Waals surface area contributed by atoms with E-state index in [0.717, 1.165) is 11.1 Å². The molecule has 0 atom stereocenters. The minimum absolute atomic E-state index is 0.0749. The van der Waals surface area contributed by atoms with Crippen LogP contribution in [-0.4, -0.2) is 17.6 Å². The summed E-state index contributed by atoms with van der Waals surface area (Å²) in [7, 11) is 0. The molecule has 1 amide bonds. The number of phenolic OH excluding ortho intramolecular Hbond substituents is 1. The highest BCUT2D eigenvalue weighted by Gasteiger charge is 2.11. The van der Waals surface area contributed by atoms with Crippen LogP contribution < -0.4 is 5.32 Å². The number of carbonyl (C=O) groups is 1. The van der Waals surface area contributed by atoms with Gasteiger partial charge in [0.15, 0.2) is 0 Å². The number of nitrogens with one attached hydrogen (secondary N) is 1. The predicted octanol–water partition coefficient (Wildman–Crippen LogP) is 4.69. The van der Waals surface area contributed by atoms with Crippen LogP contribution in [0.4, 0.5) is 0 Å². The summed E-state index contributed by atoms with van der Waals surface area (Å²) in [5.41, 5.74) is 3.67. The fraction of sp³-hybridized carbons (Fsp3) is 0.0952. The lowest BCUT2D eigenvalue weighted by atomic mass is 10.0. The summed E-state index contributed by atoms with van der Waals surface area (Å²) in [6, 6.07) is 22.9. The van der Waals surface area contributed by atoms with E-state index in [9.17, 15) is 9.90 Å². The summed E-state index contributed by atoms with van der Waals surface area (Å²) in [4.78, 5) is 12.1. The van der Waals surface area contributed by atoms with Gasteiger partial charge in [0, 0.05) is 11.6 Å². The second-order valence-electron chi connectivity index (χ2n) is 5.73. The number of hydrogen-bond donors (Lipinski definition) is 2. The zero-order chi connectivity index (χ0) is 17.6. The molecule has 25 heavy (non-hydrogen) atoms. The van der Waals surface area contributed by atoms with Crippen molar-refractivity contribution >= 4 is 17.5 Å². The topological polar surface area (TPSA) is 49.3 Å². The van der Waals surface area contributed by atoms with Crippen molar-refractivity contribution in [3.8, 4) is 16.9 Å². The summed E-state index contributed by atoms with van der Waals surface area (Å²) in [6.45, 7) is 0.482. The smallest absolute Gasteiger partial charge is 0.255 e. The lowest BCUT2D eigenvalue weighted by Gasteiger charge is -2.08. The Morgan fingerprint density at radius 3 is 2.32 bits per heavy atom. The van der Waals surface area contributed by atoms with Gasteiger partial charge in [-0.2, -0.15) is 0 Å². The van der Waals surface area contributed by atoms with E-state index in [1.54, 1.807) is 6.07 Å².